The Morgan fingerprint density at radius 2 is 1.92 bits per heavy atom. The summed E-state index contributed by atoms with van der Waals surface area (Å²) in [5.41, 5.74) is 9.60. The van der Waals surface area contributed by atoms with Crippen LogP contribution in [0, 0.1) is 0 Å². The summed E-state index contributed by atoms with van der Waals surface area (Å²) >= 11 is 0. The van der Waals surface area contributed by atoms with Crippen molar-refractivity contribution in [2.24, 2.45) is 11.5 Å². The van der Waals surface area contributed by atoms with Gasteiger partial charge >= 0.3 is 18.0 Å². The van der Waals surface area contributed by atoms with Crippen LogP contribution in [-0.4, -0.2) is 29.2 Å². The average molecular weight is 190 g/mol. The fourth-order valence-electron chi connectivity index (χ4n) is 0.560. The topological polar surface area (TPSA) is 133 Å². The second-order valence-corrected chi connectivity index (χ2v) is 2.28. The Labute approximate surface area is 73.6 Å². The maximum atomic E-state index is 10.6. The molecule has 0 aliphatic carbocycles. The second kappa shape index (κ2) is 5.09. The van der Waals surface area contributed by atoms with Crippen LogP contribution >= 0.6 is 0 Å². The third-order valence-electron chi connectivity index (χ3n) is 1.19. The second-order valence-electron chi connectivity index (χ2n) is 2.28. The van der Waals surface area contributed by atoms with E-state index >= 15 is 0 Å². The van der Waals surface area contributed by atoms with Gasteiger partial charge in [-0.1, -0.05) is 0 Å². The highest BCUT2D eigenvalue weighted by Crippen LogP contribution is 1.96. The summed E-state index contributed by atoms with van der Waals surface area (Å²) in [6, 6.07) is -1.14. The molecule has 0 rings (SSSR count). The molecule has 5 N–H and O–H groups in total. The minimum Gasteiger partial charge on any atom is -0.480 e. The monoisotopic (exact) mass is 190 g/mol. The smallest absolute Gasteiger partial charge is 0.412 e. The predicted molar refractivity (Wildman–Crippen MR) is 40.5 cm³/mol. The Morgan fingerprint density at radius 3 is 2.31 bits per heavy atom. The lowest BCUT2D eigenvalue weighted by atomic mass is 10.2. The van der Waals surface area contributed by atoms with Crippen molar-refractivity contribution in [3.05, 3.63) is 0 Å². The number of hydrogen-bond donors (Lipinski definition) is 3. The Kier molecular flexibility index (Phi) is 4.45. The van der Waals surface area contributed by atoms with Gasteiger partial charge in [0.15, 0.2) is 0 Å². The van der Waals surface area contributed by atoms with Gasteiger partial charge in [-0.2, -0.15) is 0 Å². The van der Waals surface area contributed by atoms with Crippen molar-refractivity contribution >= 4 is 18.0 Å². The van der Waals surface area contributed by atoms with E-state index in [1.165, 1.54) is 0 Å². The number of primary amides is 1. The highest BCUT2D eigenvalue weighted by molar-refractivity contribution is 5.84. The first-order chi connectivity index (χ1) is 5.93. The van der Waals surface area contributed by atoms with Crippen molar-refractivity contribution in [2.75, 3.05) is 0 Å². The molecule has 74 valence electrons. The van der Waals surface area contributed by atoms with Crippen molar-refractivity contribution in [3.63, 3.8) is 0 Å². The first kappa shape index (κ1) is 11.4. The summed E-state index contributed by atoms with van der Waals surface area (Å²) in [4.78, 5) is 30.8. The summed E-state index contributed by atoms with van der Waals surface area (Å²) in [5, 5.41) is 8.31. The maximum absolute atomic E-state index is 10.6. The van der Waals surface area contributed by atoms with Gasteiger partial charge in [0.05, 0.1) is 0 Å². The summed E-state index contributed by atoms with van der Waals surface area (Å²) < 4.78 is 3.93. The fraction of sp³-hybridized carbons (Fsp3) is 0.500. The molecule has 0 spiro atoms. The zero-order valence-electron chi connectivity index (χ0n) is 6.73. The van der Waals surface area contributed by atoms with E-state index in [-0.39, 0.29) is 12.8 Å². The average Bonchev–Trinajstić information content (AvgIpc) is 1.98. The van der Waals surface area contributed by atoms with Crippen LogP contribution in [0.4, 0.5) is 4.79 Å². The number of aliphatic carboxylic acids is 1. The molecule has 0 aliphatic rings. The van der Waals surface area contributed by atoms with Crippen LogP contribution in [-0.2, 0) is 14.3 Å². The van der Waals surface area contributed by atoms with Crippen molar-refractivity contribution in [1.29, 1.82) is 0 Å². The fourth-order valence-corrected chi connectivity index (χ4v) is 0.560. The van der Waals surface area contributed by atoms with Crippen molar-refractivity contribution < 1.29 is 24.2 Å². The lowest BCUT2D eigenvalue weighted by molar-refractivity contribution is -0.139. The van der Waals surface area contributed by atoms with Gasteiger partial charge in [0.25, 0.3) is 0 Å². The highest BCUT2D eigenvalue weighted by Gasteiger charge is 2.14. The number of carboxylic acid groups (broad SMARTS) is 1. The molecule has 0 heterocycles. The summed E-state index contributed by atoms with van der Waals surface area (Å²) in [6.07, 6.45) is -1.56. The van der Waals surface area contributed by atoms with Gasteiger partial charge in [0.1, 0.15) is 6.04 Å². The molecule has 0 saturated carbocycles. The molecule has 0 fully saturated rings. The minimum absolute atomic E-state index is 0.0958. The Hall–Kier alpha value is -1.63. The molecule has 0 aromatic rings. The molecule has 1 amide bonds. The number of ether oxygens (including phenoxy) is 1. The van der Waals surface area contributed by atoms with Crippen LogP contribution < -0.4 is 11.5 Å². The number of esters is 1. The van der Waals surface area contributed by atoms with E-state index in [0.29, 0.717) is 0 Å². The lowest BCUT2D eigenvalue weighted by Crippen LogP contribution is -2.31. The van der Waals surface area contributed by atoms with Gasteiger partial charge in [-0.15, -0.1) is 0 Å². The van der Waals surface area contributed by atoms with Crippen LogP contribution in [0.15, 0.2) is 0 Å². The van der Waals surface area contributed by atoms with E-state index in [0.717, 1.165) is 0 Å². The first-order valence-corrected chi connectivity index (χ1v) is 3.42. The molecule has 13 heavy (non-hydrogen) atoms. The Morgan fingerprint density at radius 1 is 1.38 bits per heavy atom. The first-order valence-electron chi connectivity index (χ1n) is 3.42. The number of hydrogen-bond acceptors (Lipinski definition) is 5. The van der Waals surface area contributed by atoms with E-state index < -0.39 is 24.1 Å². The molecule has 1 atom stereocenters. The zero-order chi connectivity index (χ0) is 10.4. The maximum Gasteiger partial charge on any atom is 0.412 e. The Balaban J connectivity index is 3.70. The number of carbonyl (C=O) groups excluding carboxylic acids is 2. The third kappa shape index (κ3) is 5.62. The van der Waals surface area contributed by atoms with Crippen LogP contribution in [0.25, 0.3) is 0 Å². The molecule has 7 heteroatoms. The number of carbonyl (C=O) groups is 3. The van der Waals surface area contributed by atoms with E-state index in [2.05, 4.69) is 10.5 Å². The van der Waals surface area contributed by atoms with Crippen molar-refractivity contribution in [1.82, 2.24) is 0 Å². The van der Waals surface area contributed by atoms with Crippen LogP contribution in [0.1, 0.15) is 12.8 Å². The van der Waals surface area contributed by atoms with Crippen LogP contribution in [0.5, 0.6) is 0 Å². The SMILES string of the molecule is NC(=O)OC(=O)CC[C@@H](N)C(=O)O. The molecular weight excluding hydrogens is 180 g/mol. The molecule has 0 aromatic heterocycles. The lowest BCUT2D eigenvalue weighted by Gasteiger charge is -2.03. The largest absolute Gasteiger partial charge is 0.480 e. The molecule has 0 unspecified atom stereocenters. The number of amides is 1. The van der Waals surface area contributed by atoms with Crippen LogP contribution in [0.3, 0.4) is 0 Å². The number of rotatable bonds is 4. The summed E-state index contributed by atoms with van der Waals surface area (Å²) in [5.74, 6) is -2.10. The standard InChI is InChI=1S/C6H10N2O5/c7-3(5(10)11)1-2-4(9)13-6(8)12/h3H,1-2,7H2,(H2,8,12)(H,10,11)/t3-/m1/s1. The Bertz CT molecular complexity index is 227. The van der Waals surface area contributed by atoms with Gasteiger partial charge < -0.3 is 21.3 Å². The number of carboxylic acids is 1. The minimum atomic E-state index is -1.22. The zero-order valence-corrected chi connectivity index (χ0v) is 6.73. The van der Waals surface area contributed by atoms with Crippen molar-refractivity contribution in [3.8, 4) is 0 Å². The van der Waals surface area contributed by atoms with E-state index in [9.17, 15) is 14.4 Å². The third-order valence-corrected chi connectivity index (χ3v) is 1.19. The van der Waals surface area contributed by atoms with Gasteiger partial charge in [-0.25, -0.2) is 4.79 Å². The quantitative estimate of drug-likeness (QED) is 0.376. The predicted octanol–water partition coefficient (Wildman–Crippen LogP) is -1.20. The molecule has 7 nitrogen and oxygen atoms in total. The van der Waals surface area contributed by atoms with E-state index in [4.69, 9.17) is 10.8 Å². The molecule has 0 aliphatic heterocycles. The summed E-state index contributed by atoms with van der Waals surface area (Å²) in [7, 11) is 0. The van der Waals surface area contributed by atoms with Gasteiger partial charge in [0, 0.05) is 6.42 Å². The summed E-state index contributed by atoms with van der Waals surface area (Å²) in [6.45, 7) is 0. The van der Waals surface area contributed by atoms with E-state index in [1.54, 1.807) is 0 Å². The van der Waals surface area contributed by atoms with Crippen molar-refractivity contribution in [2.45, 2.75) is 18.9 Å². The normalized spacial score (nSPS) is 11.8. The van der Waals surface area contributed by atoms with Gasteiger partial charge in [-0.3, -0.25) is 9.59 Å². The highest BCUT2D eigenvalue weighted by atomic mass is 16.6. The van der Waals surface area contributed by atoms with Crippen LogP contribution in [0.2, 0.25) is 0 Å². The molecule has 0 saturated heterocycles. The molecule has 0 radical (unpaired) electrons. The van der Waals surface area contributed by atoms with Gasteiger partial charge in [-0.05, 0) is 6.42 Å². The number of nitrogens with two attached hydrogens (primary N) is 2. The van der Waals surface area contributed by atoms with E-state index in [1.807, 2.05) is 0 Å². The molecule has 0 aromatic carbocycles. The molecule has 0 bridgehead atoms. The molecular formula is C6H10N2O5. The van der Waals surface area contributed by atoms with Gasteiger partial charge in [0.2, 0.25) is 0 Å².